The molecule has 7 heteroatoms. The van der Waals surface area contributed by atoms with Gasteiger partial charge in [-0.25, -0.2) is 9.59 Å². The standard InChI is InChI=1S/C15H28N2O5/c1-14(2,3)21-12(19)16-11-8-17(7-10(11)9-18)13(20)22-15(4,5)6/h10-11,18H,7-9H2,1-6H3,(H,16,19)/t10-,11+/m0/s1. The molecular formula is C15H28N2O5. The average Bonchev–Trinajstić information content (AvgIpc) is 2.67. The highest BCUT2D eigenvalue weighted by Crippen LogP contribution is 2.20. The zero-order chi connectivity index (χ0) is 17.1. The van der Waals surface area contributed by atoms with Crippen LogP contribution in [-0.2, 0) is 9.47 Å². The van der Waals surface area contributed by atoms with Crippen molar-refractivity contribution in [2.75, 3.05) is 19.7 Å². The molecule has 1 heterocycles. The largest absolute Gasteiger partial charge is 0.444 e. The Bertz CT molecular complexity index is 411. The van der Waals surface area contributed by atoms with Crippen LogP contribution in [0.2, 0.25) is 0 Å². The molecular weight excluding hydrogens is 288 g/mol. The van der Waals surface area contributed by atoms with Crippen LogP contribution in [0.3, 0.4) is 0 Å². The molecule has 0 bridgehead atoms. The zero-order valence-electron chi connectivity index (χ0n) is 14.3. The van der Waals surface area contributed by atoms with Crippen molar-refractivity contribution in [2.24, 2.45) is 5.92 Å². The molecule has 1 aliphatic heterocycles. The van der Waals surface area contributed by atoms with Crippen LogP contribution < -0.4 is 5.32 Å². The van der Waals surface area contributed by atoms with Crippen molar-refractivity contribution in [3.05, 3.63) is 0 Å². The van der Waals surface area contributed by atoms with Crippen LogP contribution in [-0.4, -0.2) is 59.1 Å². The van der Waals surface area contributed by atoms with Crippen LogP contribution in [0.5, 0.6) is 0 Å². The van der Waals surface area contributed by atoms with E-state index in [9.17, 15) is 14.7 Å². The Hall–Kier alpha value is -1.50. The molecule has 1 rings (SSSR count). The first kappa shape index (κ1) is 18.5. The maximum absolute atomic E-state index is 12.1. The second-order valence-corrected chi connectivity index (χ2v) is 7.58. The van der Waals surface area contributed by atoms with Crippen molar-refractivity contribution in [3.8, 4) is 0 Å². The lowest BCUT2D eigenvalue weighted by Crippen LogP contribution is -2.44. The number of nitrogens with zero attached hydrogens (tertiary/aromatic N) is 1. The monoisotopic (exact) mass is 316 g/mol. The topological polar surface area (TPSA) is 88.1 Å². The number of carbonyl (C=O) groups is 2. The predicted molar refractivity (Wildman–Crippen MR) is 81.5 cm³/mol. The van der Waals surface area contributed by atoms with Gasteiger partial charge in [0.05, 0.1) is 6.04 Å². The molecule has 0 aromatic carbocycles. The normalized spacial score (nSPS) is 22.4. The Morgan fingerprint density at radius 3 is 2.09 bits per heavy atom. The van der Waals surface area contributed by atoms with Gasteiger partial charge in [-0.3, -0.25) is 0 Å². The number of amides is 2. The SMILES string of the molecule is CC(C)(C)OC(=O)N[C@@H]1CN(C(=O)OC(C)(C)C)C[C@H]1CO. The number of rotatable bonds is 2. The van der Waals surface area contributed by atoms with Gasteiger partial charge in [0.1, 0.15) is 11.2 Å². The first-order valence-electron chi connectivity index (χ1n) is 7.49. The molecule has 0 aliphatic carbocycles. The van der Waals surface area contributed by atoms with Crippen molar-refractivity contribution in [3.63, 3.8) is 0 Å². The van der Waals surface area contributed by atoms with Gasteiger partial charge in [-0.15, -0.1) is 0 Å². The number of aliphatic hydroxyl groups excluding tert-OH is 1. The number of hydrogen-bond donors (Lipinski definition) is 2. The molecule has 0 aromatic rings. The third-order valence-corrected chi connectivity index (χ3v) is 3.03. The highest BCUT2D eigenvalue weighted by Gasteiger charge is 2.38. The van der Waals surface area contributed by atoms with Gasteiger partial charge in [-0.1, -0.05) is 0 Å². The van der Waals surface area contributed by atoms with E-state index in [1.807, 2.05) is 0 Å². The number of aliphatic hydroxyl groups is 1. The third-order valence-electron chi connectivity index (χ3n) is 3.03. The maximum atomic E-state index is 12.1. The Balaban J connectivity index is 2.62. The minimum absolute atomic E-state index is 0.125. The second kappa shape index (κ2) is 6.73. The van der Waals surface area contributed by atoms with E-state index in [-0.39, 0.29) is 18.6 Å². The molecule has 2 amide bonds. The van der Waals surface area contributed by atoms with Gasteiger partial charge < -0.3 is 24.8 Å². The maximum Gasteiger partial charge on any atom is 0.410 e. The van der Waals surface area contributed by atoms with Crippen LogP contribution in [0.25, 0.3) is 0 Å². The molecule has 0 aromatic heterocycles. The summed E-state index contributed by atoms with van der Waals surface area (Å²) in [6.45, 7) is 11.2. The van der Waals surface area contributed by atoms with Gasteiger partial charge in [0, 0.05) is 25.6 Å². The summed E-state index contributed by atoms with van der Waals surface area (Å²) in [4.78, 5) is 25.4. The van der Waals surface area contributed by atoms with Crippen molar-refractivity contribution < 1.29 is 24.2 Å². The predicted octanol–water partition coefficient (Wildman–Crippen LogP) is 1.74. The van der Waals surface area contributed by atoms with E-state index < -0.39 is 23.4 Å². The van der Waals surface area contributed by atoms with E-state index in [0.29, 0.717) is 13.1 Å². The fraction of sp³-hybridized carbons (Fsp3) is 0.867. The summed E-state index contributed by atoms with van der Waals surface area (Å²) in [6.07, 6.45) is -0.999. The van der Waals surface area contributed by atoms with Crippen LogP contribution in [0, 0.1) is 5.92 Å². The van der Waals surface area contributed by atoms with E-state index in [2.05, 4.69) is 5.32 Å². The van der Waals surface area contributed by atoms with Gasteiger partial charge in [-0.2, -0.15) is 0 Å². The number of alkyl carbamates (subject to hydrolysis) is 1. The number of likely N-dealkylation sites (tertiary alicyclic amines) is 1. The number of carbonyl (C=O) groups excluding carboxylic acids is 2. The lowest BCUT2D eigenvalue weighted by Gasteiger charge is -2.25. The average molecular weight is 316 g/mol. The molecule has 1 aliphatic rings. The molecule has 22 heavy (non-hydrogen) atoms. The van der Waals surface area contributed by atoms with E-state index in [1.54, 1.807) is 41.5 Å². The van der Waals surface area contributed by atoms with E-state index in [4.69, 9.17) is 9.47 Å². The van der Waals surface area contributed by atoms with E-state index in [1.165, 1.54) is 4.90 Å². The highest BCUT2D eigenvalue weighted by atomic mass is 16.6. The van der Waals surface area contributed by atoms with Crippen molar-refractivity contribution in [1.29, 1.82) is 0 Å². The summed E-state index contributed by atoms with van der Waals surface area (Å²) in [5, 5.41) is 12.2. The summed E-state index contributed by atoms with van der Waals surface area (Å²) >= 11 is 0. The third kappa shape index (κ3) is 6.09. The summed E-state index contributed by atoms with van der Waals surface area (Å²) in [5.41, 5.74) is -1.18. The lowest BCUT2D eigenvalue weighted by molar-refractivity contribution is 0.0277. The van der Waals surface area contributed by atoms with Gasteiger partial charge in [-0.05, 0) is 41.5 Å². The molecule has 7 nitrogen and oxygen atoms in total. The molecule has 2 atom stereocenters. The fourth-order valence-corrected chi connectivity index (χ4v) is 2.15. The minimum Gasteiger partial charge on any atom is -0.444 e. The van der Waals surface area contributed by atoms with Crippen LogP contribution >= 0.6 is 0 Å². The fourth-order valence-electron chi connectivity index (χ4n) is 2.15. The van der Waals surface area contributed by atoms with Gasteiger partial charge in [0.25, 0.3) is 0 Å². The van der Waals surface area contributed by atoms with Crippen molar-refractivity contribution >= 4 is 12.2 Å². The van der Waals surface area contributed by atoms with Crippen molar-refractivity contribution in [2.45, 2.75) is 58.8 Å². The Kier molecular flexibility index (Phi) is 5.67. The smallest absolute Gasteiger partial charge is 0.410 e. The number of ether oxygens (including phenoxy) is 2. The molecule has 1 saturated heterocycles. The first-order chi connectivity index (χ1) is 9.91. The zero-order valence-corrected chi connectivity index (χ0v) is 14.3. The van der Waals surface area contributed by atoms with Crippen LogP contribution in [0.4, 0.5) is 9.59 Å². The molecule has 128 valence electrons. The Labute approximate surface area is 131 Å². The molecule has 0 saturated carbocycles. The first-order valence-corrected chi connectivity index (χ1v) is 7.49. The quantitative estimate of drug-likeness (QED) is 0.810. The van der Waals surface area contributed by atoms with Gasteiger partial charge >= 0.3 is 12.2 Å². The van der Waals surface area contributed by atoms with Crippen LogP contribution in [0.15, 0.2) is 0 Å². The number of nitrogens with one attached hydrogen (secondary N) is 1. The highest BCUT2D eigenvalue weighted by molar-refractivity contribution is 5.70. The second-order valence-electron chi connectivity index (χ2n) is 7.58. The summed E-state index contributed by atoms with van der Waals surface area (Å²) < 4.78 is 10.5. The van der Waals surface area contributed by atoms with Gasteiger partial charge in [0.15, 0.2) is 0 Å². The molecule has 0 radical (unpaired) electrons. The number of hydrogen-bond acceptors (Lipinski definition) is 5. The van der Waals surface area contributed by atoms with E-state index in [0.717, 1.165) is 0 Å². The molecule has 0 spiro atoms. The minimum atomic E-state index is -0.595. The van der Waals surface area contributed by atoms with Crippen LogP contribution in [0.1, 0.15) is 41.5 Å². The van der Waals surface area contributed by atoms with Gasteiger partial charge in [0.2, 0.25) is 0 Å². The van der Waals surface area contributed by atoms with E-state index >= 15 is 0 Å². The van der Waals surface area contributed by atoms with Crippen molar-refractivity contribution in [1.82, 2.24) is 10.2 Å². The Morgan fingerprint density at radius 1 is 1.09 bits per heavy atom. The molecule has 2 N–H and O–H groups in total. The summed E-state index contributed by atoms with van der Waals surface area (Å²) in [5.74, 6) is -0.236. The molecule has 0 unspecified atom stereocenters. The Morgan fingerprint density at radius 2 is 1.64 bits per heavy atom. The summed E-state index contributed by atoms with van der Waals surface area (Å²) in [7, 11) is 0. The molecule has 1 fully saturated rings. The lowest BCUT2D eigenvalue weighted by atomic mass is 10.1. The summed E-state index contributed by atoms with van der Waals surface area (Å²) in [6, 6.07) is -0.354.